The molecule has 3 heterocycles. The van der Waals surface area contributed by atoms with E-state index in [1.165, 1.54) is 20.2 Å². The number of rotatable bonds is 4. The van der Waals surface area contributed by atoms with E-state index in [4.69, 9.17) is 0 Å². The molecule has 2 aromatic heterocycles. The second kappa shape index (κ2) is 7.46. The van der Waals surface area contributed by atoms with Crippen LogP contribution < -0.4 is 15.5 Å². The van der Waals surface area contributed by atoms with E-state index in [2.05, 4.69) is 39.6 Å². The van der Waals surface area contributed by atoms with Crippen molar-refractivity contribution in [3.05, 3.63) is 44.3 Å². The summed E-state index contributed by atoms with van der Waals surface area (Å²) in [6, 6.07) is 6.12. The minimum absolute atomic E-state index is 0.00682. The van der Waals surface area contributed by atoms with Crippen LogP contribution in [0.2, 0.25) is 0 Å². The van der Waals surface area contributed by atoms with Gasteiger partial charge in [-0.2, -0.15) is 0 Å². The fraction of sp³-hybridized carbons (Fsp3) is 0.412. The van der Waals surface area contributed by atoms with Crippen LogP contribution in [0.15, 0.2) is 29.0 Å². The van der Waals surface area contributed by atoms with E-state index >= 15 is 0 Å². The normalized spacial score (nSPS) is 19.8. The molecule has 2 aromatic rings. The van der Waals surface area contributed by atoms with Gasteiger partial charge >= 0.3 is 6.03 Å². The summed E-state index contributed by atoms with van der Waals surface area (Å²) >= 11 is 3.51. The molecule has 0 radical (unpaired) electrons. The molecule has 5 nitrogen and oxygen atoms in total. The summed E-state index contributed by atoms with van der Waals surface area (Å²) in [7, 11) is 0. The van der Waals surface area contributed by atoms with E-state index in [1.807, 2.05) is 13.8 Å². The number of hydrogen-bond acceptors (Lipinski definition) is 4. The van der Waals surface area contributed by atoms with E-state index in [1.54, 1.807) is 22.7 Å². The summed E-state index contributed by atoms with van der Waals surface area (Å²) in [5, 5.41) is 9.33. The van der Waals surface area contributed by atoms with Crippen molar-refractivity contribution in [1.29, 1.82) is 0 Å². The molecule has 0 spiro atoms. The molecule has 24 heavy (non-hydrogen) atoms. The second-order valence-corrected chi connectivity index (χ2v) is 8.24. The maximum Gasteiger partial charge on any atom is 0.321 e. The number of carbonyl (C=O) groups is 2. The minimum Gasteiger partial charge on any atom is -0.336 e. The molecule has 0 fully saturated rings. The molecule has 0 saturated heterocycles. The standard InChI is InChI=1S/C17H21N3O2S2/c1-11(2)18-17(22)19-15(21)10-20-7-5-13-12(6-9-24-13)16(20)14-4-3-8-23-14/h3-4,6,8-9,11,16H,5,7,10H2,1-2H3,(H2,18,19,21,22)/p+1/t16-/m1/s1. The molecule has 0 aliphatic carbocycles. The van der Waals surface area contributed by atoms with Crippen LogP contribution in [0.3, 0.4) is 0 Å². The summed E-state index contributed by atoms with van der Waals surface area (Å²) in [5.41, 5.74) is 1.32. The molecule has 128 valence electrons. The average Bonchev–Trinajstić information content (AvgIpc) is 3.16. The summed E-state index contributed by atoms with van der Waals surface area (Å²) in [6.07, 6.45) is 0.982. The molecule has 0 aromatic carbocycles. The molecule has 1 unspecified atom stereocenters. The Hall–Kier alpha value is -1.70. The van der Waals surface area contributed by atoms with Gasteiger partial charge in [-0.25, -0.2) is 4.79 Å². The number of thiophene rings is 2. The highest BCUT2D eigenvalue weighted by molar-refractivity contribution is 7.10. The van der Waals surface area contributed by atoms with E-state index in [9.17, 15) is 9.59 Å². The zero-order valence-electron chi connectivity index (χ0n) is 13.8. The number of imide groups is 1. The van der Waals surface area contributed by atoms with E-state index in [0.29, 0.717) is 6.54 Å². The van der Waals surface area contributed by atoms with Crippen molar-refractivity contribution in [2.75, 3.05) is 13.1 Å². The first-order valence-corrected chi connectivity index (χ1v) is 9.85. The summed E-state index contributed by atoms with van der Waals surface area (Å²) in [5.74, 6) is -0.233. The Morgan fingerprint density at radius 3 is 2.83 bits per heavy atom. The van der Waals surface area contributed by atoms with Crippen LogP contribution in [0.25, 0.3) is 0 Å². The van der Waals surface area contributed by atoms with Gasteiger partial charge in [0.25, 0.3) is 5.91 Å². The maximum atomic E-state index is 12.3. The van der Waals surface area contributed by atoms with Crippen molar-refractivity contribution in [3.63, 3.8) is 0 Å². The molecule has 0 saturated carbocycles. The smallest absolute Gasteiger partial charge is 0.321 e. The van der Waals surface area contributed by atoms with Crippen molar-refractivity contribution in [3.8, 4) is 0 Å². The number of hydrogen-bond donors (Lipinski definition) is 3. The Kier molecular flexibility index (Phi) is 5.33. The van der Waals surface area contributed by atoms with E-state index in [0.717, 1.165) is 13.0 Å². The summed E-state index contributed by atoms with van der Waals surface area (Å²) in [4.78, 5) is 27.9. The maximum absolute atomic E-state index is 12.3. The fourth-order valence-electron chi connectivity index (χ4n) is 3.13. The predicted molar refractivity (Wildman–Crippen MR) is 96.7 cm³/mol. The van der Waals surface area contributed by atoms with Crippen LogP contribution in [-0.4, -0.2) is 31.1 Å². The van der Waals surface area contributed by atoms with Crippen molar-refractivity contribution < 1.29 is 14.5 Å². The summed E-state index contributed by atoms with van der Waals surface area (Å²) in [6.45, 7) is 4.92. The van der Waals surface area contributed by atoms with Gasteiger partial charge in [-0.3, -0.25) is 10.1 Å². The van der Waals surface area contributed by atoms with Crippen LogP contribution in [0.1, 0.15) is 35.2 Å². The van der Waals surface area contributed by atoms with Crippen LogP contribution in [-0.2, 0) is 11.2 Å². The molecule has 7 heteroatoms. The Morgan fingerprint density at radius 2 is 2.12 bits per heavy atom. The molecular weight excluding hydrogens is 342 g/mol. The Balaban J connectivity index is 1.73. The second-order valence-electron chi connectivity index (χ2n) is 6.26. The molecule has 1 aliphatic heterocycles. The third kappa shape index (κ3) is 3.85. The van der Waals surface area contributed by atoms with Crippen molar-refractivity contribution >= 4 is 34.6 Å². The Morgan fingerprint density at radius 1 is 1.29 bits per heavy atom. The molecule has 2 atom stereocenters. The number of urea groups is 1. The zero-order valence-corrected chi connectivity index (χ0v) is 15.4. The Labute approximate surface area is 149 Å². The molecular formula is C17H22N3O2S2+. The monoisotopic (exact) mass is 364 g/mol. The fourth-order valence-corrected chi connectivity index (χ4v) is 4.95. The van der Waals surface area contributed by atoms with Gasteiger partial charge in [0.15, 0.2) is 6.54 Å². The van der Waals surface area contributed by atoms with Gasteiger partial charge in [-0.15, -0.1) is 22.7 Å². The molecule has 0 bridgehead atoms. The van der Waals surface area contributed by atoms with Crippen molar-refractivity contribution in [2.24, 2.45) is 0 Å². The topological polar surface area (TPSA) is 62.6 Å². The number of fused-ring (bicyclic) bond motifs is 1. The van der Waals surface area contributed by atoms with Crippen LogP contribution in [0.4, 0.5) is 4.79 Å². The molecule has 3 amide bonds. The number of quaternary nitrogens is 1. The van der Waals surface area contributed by atoms with Gasteiger partial charge in [0, 0.05) is 22.9 Å². The first-order chi connectivity index (χ1) is 11.5. The van der Waals surface area contributed by atoms with Gasteiger partial charge in [0.1, 0.15) is 6.04 Å². The van der Waals surface area contributed by atoms with E-state index in [-0.39, 0.29) is 18.0 Å². The Bertz CT molecular complexity index is 709. The van der Waals surface area contributed by atoms with Gasteiger partial charge in [-0.1, -0.05) is 6.07 Å². The number of carbonyl (C=O) groups excluding carboxylic acids is 2. The van der Waals surface area contributed by atoms with Crippen molar-refractivity contribution in [2.45, 2.75) is 32.4 Å². The quantitative estimate of drug-likeness (QED) is 0.771. The first-order valence-electron chi connectivity index (χ1n) is 8.09. The average molecular weight is 365 g/mol. The lowest BCUT2D eigenvalue weighted by Crippen LogP contribution is -3.14. The first kappa shape index (κ1) is 17.1. The predicted octanol–water partition coefficient (Wildman–Crippen LogP) is 1.57. The minimum atomic E-state index is -0.421. The number of nitrogens with one attached hydrogen (secondary N) is 3. The largest absolute Gasteiger partial charge is 0.336 e. The summed E-state index contributed by atoms with van der Waals surface area (Å²) < 4.78 is 0. The van der Waals surface area contributed by atoms with Gasteiger partial charge in [0.05, 0.1) is 11.4 Å². The highest BCUT2D eigenvalue weighted by Crippen LogP contribution is 2.31. The van der Waals surface area contributed by atoms with E-state index < -0.39 is 6.03 Å². The number of amides is 3. The lowest BCUT2D eigenvalue weighted by molar-refractivity contribution is -0.919. The lowest BCUT2D eigenvalue weighted by atomic mass is 9.98. The third-order valence-electron chi connectivity index (χ3n) is 4.06. The highest BCUT2D eigenvalue weighted by Gasteiger charge is 2.35. The van der Waals surface area contributed by atoms with Gasteiger partial charge in [-0.05, 0) is 36.7 Å². The van der Waals surface area contributed by atoms with Crippen LogP contribution in [0, 0.1) is 0 Å². The van der Waals surface area contributed by atoms with Crippen LogP contribution in [0.5, 0.6) is 0 Å². The highest BCUT2D eigenvalue weighted by atomic mass is 32.1. The van der Waals surface area contributed by atoms with Crippen molar-refractivity contribution in [1.82, 2.24) is 10.6 Å². The van der Waals surface area contributed by atoms with Crippen LogP contribution >= 0.6 is 22.7 Å². The van der Waals surface area contributed by atoms with Gasteiger partial charge in [0.2, 0.25) is 0 Å². The molecule has 3 N–H and O–H groups in total. The third-order valence-corrected chi connectivity index (χ3v) is 5.99. The van der Waals surface area contributed by atoms with Gasteiger partial charge < -0.3 is 10.2 Å². The molecule has 1 aliphatic rings. The zero-order chi connectivity index (χ0) is 17.1. The lowest BCUT2D eigenvalue weighted by Gasteiger charge is -2.31. The molecule has 3 rings (SSSR count). The SMILES string of the molecule is CC(C)NC(=O)NC(=O)C[NH+]1CCc2sccc2[C@@H]1c1cccs1.